The third-order valence-corrected chi connectivity index (χ3v) is 4.10. The zero-order valence-corrected chi connectivity index (χ0v) is 13.2. The second kappa shape index (κ2) is 6.43. The van der Waals surface area contributed by atoms with Crippen LogP contribution >= 0.6 is 0 Å². The molecule has 0 aromatic heterocycles. The van der Waals surface area contributed by atoms with Gasteiger partial charge in [-0.3, -0.25) is 4.79 Å². The number of rotatable bonds is 6. The zero-order valence-electron chi connectivity index (χ0n) is 13.2. The molecule has 3 atom stereocenters. The number of amides is 1. The lowest BCUT2D eigenvalue weighted by Gasteiger charge is -2.25. The van der Waals surface area contributed by atoms with Crippen molar-refractivity contribution >= 4 is 11.9 Å². The molecule has 0 bridgehead atoms. The Labute approximate surface area is 136 Å². The van der Waals surface area contributed by atoms with E-state index >= 15 is 0 Å². The topological polar surface area (TPSA) is 75.6 Å². The molecule has 0 aliphatic heterocycles. The second-order valence-electron chi connectivity index (χ2n) is 6.13. The molecule has 1 fully saturated rings. The highest BCUT2D eigenvalue weighted by Crippen LogP contribution is 2.48. The van der Waals surface area contributed by atoms with Crippen LogP contribution in [0.2, 0.25) is 0 Å². The molecule has 132 valence electrons. The third kappa shape index (κ3) is 3.87. The van der Waals surface area contributed by atoms with Crippen LogP contribution in [0.15, 0.2) is 24.3 Å². The van der Waals surface area contributed by atoms with E-state index in [0.29, 0.717) is 12.0 Å². The Kier molecular flexibility index (Phi) is 4.89. The average Bonchev–Trinajstić information content (AvgIpc) is 3.27. The molecule has 3 unspecified atom stereocenters. The van der Waals surface area contributed by atoms with E-state index in [1.807, 2.05) is 0 Å². The number of hydrogen-bond acceptors (Lipinski definition) is 3. The number of carboxylic acid groups (broad SMARTS) is 1. The van der Waals surface area contributed by atoms with E-state index in [4.69, 9.17) is 4.74 Å². The molecule has 2 N–H and O–H groups in total. The maximum Gasteiger partial charge on any atom is 0.416 e. The predicted molar refractivity (Wildman–Crippen MR) is 78.4 cm³/mol. The molecule has 0 spiro atoms. The Morgan fingerprint density at radius 3 is 2.33 bits per heavy atom. The smallest absolute Gasteiger partial charge is 0.416 e. The van der Waals surface area contributed by atoms with Crippen LogP contribution in [0.5, 0.6) is 0 Å². The van der Waals surface area contributed by atoms with Crippen molar-refractivity contribution in [2.75, 3.05) is 13.7 Å². The maximum atomic E-state index is 12.5. The number of benzene rings is 1. The Balaban J connectivity index is 2.02. The number of nitrogens with one attached hydrogen (secondary N) is 1. The lowest BCUT2D eigenvalue weighted by atomic mass is 10.0. The van der Waals surface area contributed by atoms with E-state index in [2.05, 4.69) is 5.32 Å². The number of hydrogen-bond donors (Lipinski definition) is 2. The monoisotopic (exact) mass is 345 g/mol. The summed E-state index contributed by atoms with van der Waals surface area (Å²) < 4.78 is 42.5. The fourth-order valence-electron chi connectivity index (χ4n) is 2.58. The largest absolute Gasteiger partial charge is 0.479 e. The van der Waals surface area contributed by atoms with Gasteiger partial charge in [-0.25, -0.2) is 4.79 Å². The maximum absolute atomic E-state index is 12.5. The highest BCUT2D eigenvalue weighted by Gasteiger charge is 2.47. The van der Waals surface area contributed by atoms with E-state index in [1.165, 1.54) is 26.2 Å². The summed E-state index contributed by atoms with van der Waals surface area (Å²) in [6, 6.07) is 4.67. The molecular weight excluding hydrogens is 327 g/mol. The van der Waals surface area contributed by atoms with Crippen molar-refractivity contribution in [2.24, 2.45) is 5.92 Å². The normalized spacial score (nSPS) is 22.5. The Bertz CT molecular complexity index is 629. The highest BCUT2D eigenvalue weighted by molar-refractivity contribution is 5.89. The minimum Gasteiger partial charge on any atom is -0.479 e. The quantitative estimate of drug-likeness (QED) is 0.830. The SMILES string of the molecule is COCC(C)(NC(=O)C1CC1c1ccc(C(F)(F)F)cc1)C(=O)O. The summed E-state index contributed by atoms with van der Waals surface area (Å²) >= 11 is 0. The lowest BCUT2D eigenvalue weighted by molar-refractivity contribution is -0.149. The number of halogens is 3. The summed E-state index contributed by atoms with van der Waals surface area (Å²) in [5.74, 6) is -2.31. The number of carbonyl (C=O) groups excluding carboxylic acids is 1. The Morgan fingerprint density at radius 1 is 1.29 bits per heavy atom. The van der Waals surface area contributed by atoms with E-state index in [-0.39, 0.29) is 12.5 Å². The van der Waals surface area contributed by atoms with Gasteiger partial charge < -0.3 is 15.2 Å². The van der Waals surface area contributed by atoms with Gasteiger partial charge in [0.05, 0.1) is 12.2 Å². The number of methoxy groups -OCH3 is 1. The fourth-order valence-corrected chi connectivity index (χ4v) is 2.58. The van der Waals surface area contributed by atoms with Gasteiger partial charge in [0.15, 0.2) is 5.54 Å². The number of carbonyl (C=O) groups is 2. The molecule has 0 heterocycles. The van der Waals surface area contributed by atoms with Gasteiger partial charge in [-0.15, -0.1) is 0 Å². The first kappa shape index (κ1) is 18.3. The summed E-state index contributed by atoms with van der Waals surface area (Å²) in [6.45, 7) is 1.15. The van der Waals surface area contributed by atoms with Gasteiger partial charge >= 0.3 is 12.1 Å². The van der Waals surface area contributed by atoms with Crippen LogP contribution in [-0.4, -0.2) is 36.2 Å². The van der Waals surface area contributed by atoms with E-state index in [1.54, 1.807) is 0 Å². The molecular formula is C16H18F3NO4. The van der Waals surface area contributed by atoms with Crippen molar-refractivity contribution in [3.8, 4) is 0 Å². The van der Waals surface area contributed by atoms with Crippen molar-refractivity contribution in [3.63, 3.8) is 0 Å². The molecule has 24 heavy (non-hydrogen) atoms. The van der Waals surface area contributed by atoms with Crippen LogP contribution in [0.3, 0.4) is 0 Å². The number of carboxylic acids is 1. The summed E-state index contributed by atoms with van der Waals surface area (Å²) in [6.07, 6.45) is -3.93. The molecule has 1 aromatic rings. The highest BCUT2D eigenvalue weighted by atomic mass is 19.4. The summed E-state index contributed by atoms with van der Waals surface area (Å²) in [4.78, 5) is 23.5. The number of alkyl halides is 3. The molecule has 1 amide bonds. The van der Waals surface area contributed by atoms with Crippen molar-refractivity contribution in [2.45, 2.75) is 31.0 Å². The van der Waals surface area contributed by atoms with Crippen LogP contribution in [0.1, 0.15) is 30.4 Å². The summed E-state index contributed by atoms with van der Waals surface area (Å²) in [5.41, 5.74) is -1.66. The molecule has 0 radical (unpaired) electrons. The van der Waals surface area contributed by atoms with Gasteiger partial charge in [0, 0.05) is 13.0 Å². The van der Waals surface area contributed by atoms with Crippen LogP contribution in [0.4, 0.5) is 13.2 Å². The predicted octanol–water partition coefficient (Wildman–Crippen LogP) is 2.41. The Hall–Kier alpha value is -2.09. The zero-order chi connectivity index (χ0) is 18.1. The number of aliphatic carboxylic acids is 1. The molecule has 1 aliphatic carbocycles. The second-order valence-corrected chi connectivity index (χ2v) is 6.13. The van der Waals surface area contributed by atoms with Gasteiger partial charge in [-0.05, 0) is 37.0 Å². The molecule has 1 aromatic carbocycles. The number of ether oxygens (including phenoxy) is 1. The minimum absolute atomic E-state index is 0.189. The summed E-state index contributed by atoms with van der Waals surface area (Å²) in [7, 11) is 1.33. The van der Waals surface area contributed by atoms with Gasteiger partial charge in [-0.2, -0.15) is 13.2 Å². The van der Waals surface area contributed by atoms with Crippen molar-refractivity contribution in [1.29, 1.82) is 0 Å². The standard InChI is InChI=1S/C16H18F3NO4/c1-15(8-24-2,14(22)23)20-13(21)12-7-11(12)9-3-5-10(6-4-9)16(17,18)19/h3-6,11-12H,7-8H2,1-2H3,(H,20,21)(H,22,23). The fraction of sp³-hybridized carbons (Fsp3) is 0.500. The molecule has 2 rings (SSSR count). The van der Waals surface area contributed by atoms with Gasteiger partial charge in [0.2, 0.25) is 5.91 Å². The molecule has 8 heteroatoms. The van der Waals surface area contributed by atoms with Crippen molar-refractivity contribution < 1.29 is 32.6 Å². The van der Waals surface area contributed by atoms with E-state index < -0.39 is 35.1 Å². The van der Waals surface area contributed by atoms with Crippen molar-refractivity contribution in [3.05, 3.63) is 35.4 Å². The van der Waals surface area contributed by atoms with Gasteiger partial charge in [0.25, 0.3) is 0 Å². The molecule has 1 aliphatic rings. The van der Waals surface area contributed by atoms with Gasteiger partial charge in [-0.1, -0.05) is 12.1 Å². The van der Waals surface area contributed by atoms with Crippen LogP contribution in [0, 0.1) is 5.92 Å². The van der Waals surface area contributed by atoms with Crippen LogP contribution in [-0.2, 0) is 20.5 Å². The lowest BCUT2D eigenvalue weighted by Crippen LogP contribution is -2.55. The van der Waals surface area contributed by atoms with E-state index in [9.17, 15) is 27.9 Å². The summed E-state index contributed by atoms with van der Waals surface area (Å²) in [5, 5.41) is 11.7. The molecule has 5 nitrogen and oxygen atoms in total. The van der Waals surface area contributed by atoms with Crippen LogP contribution in [0.25, 0.3) is 0 Å². The van der Waals surface area contributed by atoms with Crippen molar-refractivity contribution in [1.82, 2.24) is 5.32 Å². The van der Waals surface area contributed by atoms with Gasteiger partial charge in [0.1, 0.15) is 0 Å². The first-order valence-corrected chi connectivity index (χ1v) is 7.30. The first-order valence-electron chi connectivity index (χ1n) is 7.30. The third-order valence-electron chi connectivity index (χ3n) is 4.10. The van der Waals surface area contributed by atoms with E-state index in [0.717, 1.165) is 12.1 Å². The minimum atomic E-state index is -4.40. The molecule has 1 saturated carbocycles. The Morgan fingerprint density at radius 2 is 1.88 bits per heavy atom. The van der Waals surface area contributed by atoms with Crippen LogP contribution < -0.4 is 5.32 Å². The molecule has 0 saturated heterocycles. The average molecular weight is 345 g/mol. The first-order chi connectivity index (χ1) is 11.1.